The number of morpholine rings is 1. The number of nitro groups is 1. The van der Waals surface area contributed by atoms with Gasteiger partial charge in [-0.1, -0.05) is 0 Å². The van der Waals surface area contributed by atoms with Crippen LogP contribution in [0.25, 0.3) is 0 Å². The van der Waals surface area contributed by atoms with Gasteiger partial charge < -0.3 is 24.6 Å². The molecule has 1 heterocycles. The second-order valence-electron chi connectivity index (χ2n) is 7.26. The third-order valence-electron chi connectivity index (χ3n) is 5.07. The Labute approximate surface area is 190 Å². The Bertz CT molecular complexity index is 995. The molecule has 0 spiro atoms. The lowest BCUT2D eigenvalue weighted by Crippen LogP contribution is -2.40. The number of anilines is 2. The topological polar surface area (TPSA) is 114 Å². The molecule has 1 fully saturated rings. The Morgan fingerprint density at radius 2 is 1.91 bits per heavy atom. The molecular formula is C22H25FN4O6. The highest BCUT2D eigenvalue weighted by Crippen LogP contribution is 2.22. The summed E-state index contributed by atoms with van der Waals surface area (Å²) < 4.78 is 24.3. The summed E-state index contributed by atoms with van der Waals surface area (Å²) in [4.78, 5) is 38.1. The summed E-state index contributed by atoms with van der Waals surface area (Å²) in [5, 5.41) is 13.4. The number of nitrogens with zero attached hydrogens (tertiary/aromatic N) is 3. The fourth-order valence-corrected chi connectivity index (χ4v) is 3.29. The van der Waals surface area contributed by atoms with Crippen LogP contribution in [-0.2, 0) is 14.3 Å². The molecule has 0 saturated carbocycles. The van der Waals surface area contributed by atoms with Crippen molar-refractivity contribution in [2.75, 3.05) is 56.2 Å². The molecule has 0 unspecified atom stereocenters. The van der Waals surface area contributed by atoms with Crippen molar-refractivity contribution in [3.63, 3.8) is 0 Å². The van der Waals surface area contributed by atoms with Crippen LogP contribution in [-0.4, -0.2) is 67.6 Å². The van der Waals surface area contributed by atoms with Gasteiger partial charge in [-0.3, -0.25) is 19.7 Å². The van der Waals surface area contributed by atoms with Gasteiger partial charge in [0.2, 0.25) is 11.7 Å². The van der Waals surface area contributed by atoms with Gasteiger partial charge in [0.05, 0.1) is 24.7 Å². The minimum Gasteiger partial charge on any atom is -0.484 e. The molecule has 0 bridgehead atoms. The number of hydrogen-bond donors (Lipinski definition) is 1. The Kier molecular flexibility index (Phi) is 8.14. The van der Waals surface area contributed by atoms with Crippen LogP contribution in [0.1, 0.15) is 6.92 Å². The van der Waals surface area contributed by atoms with E-state index in [1.165, 1.54) is 11.0 Å². The summed E-state index contributed by atoms with van der Waals surface area (Å²) in [5.41, 5.74) is 0.970. The minimum absolute atomic E-state index is 0.0210. The van der Waals surface area contributed by atoms with E-state index in [-0.39, 0.29) is 24.7 Å². The molecule has 2 aromatic rings. The van der Waals surface area contributed by atoms with Crippen LogP contribution in [0.15, 0.2) is 42.5 Å². The first-order valence-electron chi connectivity index (χ1n) is 10.4. The number of halogens is 1. The number of carbonyl (C=O) groups is 2. The molecule has 0 atom stereocenters. The van der Waals surface area contributed by atoms with Gasteiger partial charge in [-0.15, -0.1) is 0 Å². The summed E-state index contributed by atoms with van der Waals surface area (Å²) in [7, 11) is 0. The minimum atomic E-state index is -1.06. The van der Waals surface area contributed by atoms with Gasteiger partial charge in [0, 0.05) is 43.1 Å². The predicted octanol–water partition coefficient (Wildman–Crippen LogP) is 2.44. The maximum absolute atomic E-state index is 13.7. The molecule has 2 amide bonds. The van der Waals surface area contributed by atoms with Crippen molar-refractivity contribution < 1.29 is 28.4 Å². The number of ether oxygens (including phenoxy) is 2. The maximum atomic E-state index is 13.7. The van der Waals surface area contributed by atoms with Crippen LogP contribution in [0.2, 0.25) is 0 Å². The highest BCUT2D eigenvalue weighted by atomic mass is 19.1. The van der Waals surface area contributed by atoms with Gasteiger partial charge in [0.1, 0.15) is 5.75 Å². The molecule has 33 heavy (non-hydrogen) atoms. The third-order valence-corrected chi connectivity index (χ3v) is 5.07. The molecule has 0 radical (unpaired) electrons. The first-order chi connectivity index (χ1) is 15.9. The van der Waals surface area contributed by atoms with Crippen molar-refractivity contribution >= 4 is 28.9 Å². The second kappa shape index (κ2) is 11.2. The largest absolute Gasteiger partial charge is 0.484 e. The summed E-state index contributed by atoms with van der Waals surface area (Å²) >= 11 is 0. The van der Waals surface area contributed by atoms with E-state index >= 15 is 0 Å². The zero-order chi connectivity index (χ0) is 23.8. The highest BCUT2D eigenvalue weighted by Gasteiger charge is 2.18. The zero-order valence-corrected chi connectivity index (χ0v) is 18.2. The van der Waals surface area contributed by atoms with E-state index in [0.717, 1.165) is 30.9 Å². The first-order valence-corrected chi connectivity index (χ1v) is 10.4. The number of carbonyl (C=O) groups excluding carboxylic acids is 2. The van der Waals surface area contributed by atoms with Crippen molar-refractivity contribution in [1.82, 2.24) is 4.90 Å². The number of nitrogens with one attached hydrogen (secondary N) is 1. The SMILES string of the molecule is CCN(CC(=O)Nc1ccc(N2CCOCC2)cc1)C(=O)COc1ccc([N+](=O)[O-])c(F)c1. The standard InChI is InChI=1S/C22H25FN4O6/c1-2-25(22(29)15-33-18-7-8-20(27(30)31)19(23)13-18)14-21(28)24-16-3-5-17(6-4-16)26-9-11-32-12-10-26/h3-8,13H,2,9-12,14-15H2,1H3,(H,24,28). The molecule has 0 aromatic heterocycles. The molecule has 176 valence electrons. The smallest absolute Gasteiger partial charge is 0.305 e. The van der Waals surface area contributed by atoms with Crippen LogP contribution < -0.4 is 15.0 Å². The van der Waals surface area contributed by atoms with Gasteiger partial charge >= 0.3 is 5.69 Å². The van der Waals surface area contributed by atoms with Gasteiger partial charge in [0.15, 0.2) is 6.61 Å². The molecule has 0 aliphatic carbocycles. The molecule has 11 heteroatoms. The van der Waals surface area contributed by atoms with E-state index in [1.807, 2.05) is 12.1 Å². The van der Waals surface area contributed by atoms with Crippen LogP contribution >= 0.6 is 0 Å². The van der Waals surface area contributed by atoms with Crippen molar-refractivity contribution in [2.24, 2.45) is 0 Å². The summed E-state index contributed by atoms with van der Waals surface area (Å²) in [6, 6.07) is 10.4. The van der Waals surface area contributed by atoms with E-state index in [2.05, 4.69) is 10.2 Å². The predicted molar refractivity (Wildman–Crippen MR) is 119 cm³/mol. The molecule has 2 aromatic carbocycles. The van der Waals surface area contributed by atoms with E-state index in [1.54, 1.807) is 19.1 Å². The van der Waals surface area contributed by atoms with E-state index in [0.29, 0.717) is 18.9 Å². The Morgan fingerprint density at radius 1 is 1.21 bits per heavy atom. The average Bonchev–Trinajstić information content (AvgIpc) is 2.82. The molecule has 1 saturated heterocycles. The zero-order valence-electron chi connectivity index (χ0n) is 18.2. The van der Waals surface area contributed by atoms with Crippen LogP contribution in [0.5, 0.6) is 5.75 Å². The normalized spacial score (nSPS) is 13.3. The van der Waals surface area contributed by atoms with E-state index in [4.69, 9.17) is 9.47 Å². The van der Waals surface area contributed by atoms with Gasteiger partial charge in [-0.05, 0) is 37.3 Å². The fourth-order valence-electron chi connectivity index (χ4n) is 3.29. The third kappa shape index (κ3) is 6.62. The lowest BCUT2D eigenvalue weighted by Gasteiger charge is -2.29. The van der Waals surface area contributed by atoms with Crippen molar-refractivity contribution in [2.45, 2.75) is 6.92 Å². The van der Waals surface area contributed by atoms with Crippen LogP contribution in [0.4, 0.5) is 21.5 Å². The monoisotopic (exact) mass is 460 g/mol. The Balaban J connectivity index is 1.50. The summed E-state index contributed by atoms with van der Waals surface area (Å²) in [6.45, 7) is 4.35. The van der Waals surface area contributed by atoms with E-state index < -0.39 is 28.9 Å². The quantitative estimate of drug-likeness (QED) is 0.452. The lowest BCUT2D eigenvalue weighted by molar-refractivity contribution is -0.387. The van der Waals surface area contributed by atoms with Gasteiger partial charge in [0.25, 0.3) is 5.91 Å². The van der Waals surface area contributed by atoms with Crippen molar-refractivity contribution in [3.8, 4) is 5.75 Å². The molecule has 3 rings (SSSR count). The van der Waals surface area contributed by atoms with Crippen molar-refractivity contribution in [1.29, 1.82) is 0 Å². The van der Waals surface area contributed by atoms with Gasteiger partial charge in [-0.2, -0.15) is 4.39 Å². The molecule has 1 aliphatic heterocycles. The number of likely N-dealkylation sites (N-methyl/N-ethyl adjacent to an activating group) is 1. The lowest BCUT2D eigenvalue weighted by atomic mass is 10.2. The molecule has 1 N–H and O–H groups in total. The first kappa shape index (κ1) is 23.9. The maximum Gasteiger partial charge on any atom is 0.305 e. The van der Waals surface area contributed by atoms with E-state index in [9.17, 15) is 24.1 Å². The Morgan fingerprint density at radius 3 is 2.52 bits per heavy atom. The number of rotatable bonds is 9. The Hall–Kier alpha value is -3.73. The average molecular weight is 460 g/mol. The van der Waals surface area contributed by atoms with Gasteiger partial charge in [-0.25, -0.2) is 0 Å². The molecule has 10 nitrogen and oxygen atoms in total. The number of benzene rings is 2. The highest BCUT2D eigenvalue weighted by molar-refractivity contribution is 5.94. The number of nitro benzene ring substituents is 1. The number of amides is 2. The molecule has 1 aliphatic rings. The molecular weight excluding hydrogens is 435 g/mol. The summed E-state index contributed by atoms with van der Waals surface area (Å²) in [5.74, 6) is -1.93. The number of hydrogen-bond acceptors (Lipinski definition) is 7. The van der Waals surface area contributed by atoms with Crippen LogP contribution in [0, 0.1) is 15.9 Å². The second-order valence-corrected chi connectivity index (χ2v) is 7.26. The van der Waals surface area contributed by atoms with Crippen LogP contribution in [0.3, 0.4) is 0 Å². The fraction of sp³-hybridized carbons (Fsp3) is 0.364. The summed E-state index contributed by atoms with van der Waals surface area (Å²) in [6.07, 6.45) is 0. The van der Waals surface area contributed by atoms with Crippen molar-refractivity contribution in [3.05, 3.63) is 58.4 Å².